The maximum Gasteiger partial charge on any atom is 0.278 e. The Morgan fingerprint density at radius 3 is 2.81 bits per heavy atom. The maximum atomic E-state index is 13.3. The molecule has 0 radical (unpaired) electrons. The Morgan fingerprint density at radius 2 is 1.96 bits per heavy atom. The van der Waals surface area contributed by atoms with Gasteiger partial charge in [-0.05, 0) is 43.9 Å². The summed E-state index contributed by atoms with van der Waals surface area (Å²) in [6, 6.07) is 11.7. The van der Waals surface area contributed by atoms with Gasteiger partial charge in [0.05, 0.1) is 11.4 Å². The fraction of sp³-hybridized carbons (Fsp3) is 0.333. The number of aliphatic imine (C=N–C) groups is 1. The van der Waals surface area contributed by atoms with E-state index in [1.165, 1.54) is 5.56 Å². The molecule has 132 valence electrons. The van der Waals surface area contributed by atoms with Crippen molar-refractivity contribution in [2.45, 2.75) is 38.6 Å². The number of carbonyl (C=O) groups is 1. The predicted octanol–water partition coefficient (Wildman–Crippen LogP) is 4.17. The molecule has 0 aromatic heterocycles. The van der Waals surface area contributed by atoms with Crippen molar-refractivity contribution >= 4 is 23.0 Å². The number of benzene rings is 2. The van der Waals surface area contributed by atoms with Crippen molar-refractivity contribution in [3.63, 3.8) is 0 Å². The standard InChI is InChI=1S/C21H20N2O3/c1-12-10-21(2,3)23-19-14(12)5-4-6-15(19)18(20(23)24)22-13-7-8-16-17(9-13)26-11-25-16/h4-9,12H,10-11H2,1-3H3/t12-/m1/s1. The van der Waals surface area contributed by atoms with Gasteiger partial charge in [0.25, 0.3) is 5.91 Å². The highest BCUT2D eigenvalue weighted by Gasteiger charge is 2.47. The van der Waals surface area contributed by atoms with E-state index in [2.05, 4.69) is 26.8 Å². The van der Waals surface area contributed by atoms with Gasteiger partial charge in [-0.2, -0.15) is 0 Å². The van der Waals surface area contributed by atoms with Crippen molar-refractivity contribution in [1.82, 2.24) is 0 Å². The molecule has 3 aliphatic rings. The molecular formula is C21H20N2O3. The number of carbonyl (C=O) groups excluding carboxylic acids is 1. The van der Waals surface area contributed by atoms with E-state index < -0.39 is 0 Å². The molecule has 2 aromatic carbocycles. The van der Waals surface area contributed by atoms with E-state index in [-0.39, 0.29) is 18.2 Å². The van der Waals surface area contributed by atoms with Crippen LogP contribution in [0.5, 0.6) is 11.5 Å². The van der Waals surface area contributed by atoms with Crippen LogP contribution in [0.2, 0.25) is 0 Å². The van der Waals surface area contributed by atoms with Crippen LogP contribution in [0.15, 0.2) is 41.4 Å². The molecule has 26 heavy (non-hydrogen) atoms. The molecule has 1 atom stereocenters. The lowest BCUT2D eigenvalue weighted by Crippen LogP contribution is -2.50. The second-order valence-electron chi connectivity index (χ2n) is 7.80. The van der Waals surface area contributed by atoms with Crippen LogP contribution in [0.4, 0.5) is 11.4 Å². The maximum absolute atomic E-state index is 13.3. The SMILES string of the molecule is C[C@@H]1CC(C)(C)N2C(=O)C(=Nc3ccc4c(c3)OCO4)c3cccc1c32. The highest BCUT2D eigenvalue weighted by Crippen LogP contribution is 2.48. The number of hydrogen-bond acceptors (Lipinski definition) is 4. The number of fused-ring (bicyclic) bond motifs is 1. The summed E-state index contributed by atoms with van der Waals surface area (Å²) in [5.74, 6) is 1.76. The zero-order chi connectivity index (χ0) is 18.1. The highest BCUT2D eigenvalue weighted by atomic mass is 16.7. The minimum absolute atomic E-state index is 0.0259. The normalized spacial score (nSPS) is 23.5. The van der Waals surface area contributed by atoms with Crippen LogP contribution in [-0.2, 0) is 4.79 Å². The Balaban J connectivity index is 1.68. The Bertz CT molecular complexity index is 977. The smallest absolute Gasteiger partial charge is 0.278 e. The largest absolute Gasteiger partial charge is 0.454 e. The van der Waals surface area contributed by atoms with Crippen LogP contribution < -0.4 is 14.4 Å². The van der Waals surface area contributed by atoms with Gasteiger partial charge in [0.1, 0.15) is 5.71 Å². The molecule has 5 rings (SSSR count). The molecule has 0 fully saturated rings. The summed E-state index contributed by atoms with van der Waals surface area (Å²) < 4.78 is 10.8. The summed E-state index contributed by atoms with van der Waals surface area (Å²) in [6.45, 7) is 6.71. The summed E-state index contributed by atoms with van der Waals surface area (Å²) in [5, 5.41) is 0. The molecule has 1 amide bonds. The van der Waals surface area contributed by atoms with Crippen molar-refractivity contribution < 1.29 is 14.3 Å². The number of para-hydroxylation sites is 1. The lowest BCUT2D eigenvalue weighted by atomic mass is 9.80. The fourth-order valence-electron chi connectivity index (χ4n) is 4.44. The molecule has 0 bridgehead atoms. The van der Waals surface area contributed by atoms with Gasteiger partial charge in [0.2, 0.25) is 6.79 Å². The van der Waals surface area contributed by atoms with Gasteiger partial charge in [-0.25, -0.2) is 4.99 Å². The zero-order valence-corrected chi connectivity index (χ0v) is 15.1. The minimum Gasteiger partial charge on any atom is -0.454 e. The first-order valence-corrected chi connectivity index (χ1v) is 8.92. The third-order valence-corrected chi connectivity index (χ3v) is 5.49. The summed E-state index contributed by atoms with van der Waals surface area (Å²) >= 11 is 0. The van der Waals surface area contributed by atoms with Gasteiger partial charge in [-0.15, -0.1) is 0 Å². The van der Waals surface area contributed by atoms with E-state index in [0.29, 0.717) is 28.8 Å². The summed E-state index contributed by atoms with van der Waals surface area (Å²) in [5.41, 5.74) is 4.14. The first-order valence-electron chi connectivity index (χ1n) is 8.92. The summed E-state index contributed by atoms with van der Waals surface area (Å²) in [6.07, 6.45) is 0.937. The first-order chi connectivity index (χ1) is 12.5. The van der Waals surface area contributed by atoms with Gasteiger partial charge in [-0.3, -0.25) is 4.79 Å². The van der Waals surface area contributed by atoms with Crippen LogP contribution in [0.3, 0.4) is 0 Å². The van der Waals surface area contributed by atoms with Crippen LogP contribution >= 0.6 is 0 Å². The fourth-order valence-corrected chi connectivity index (χ4v) is 4.44. The number of hydrogen-bond donors (Lipinski definition) is 0. The number of rotatable bonds is 1. The van der Waals surface area contributed by atoms with Crippen molar-refractivity contribution in [1.29, 1.82) is 0 Å². The molecule has 0 saturated carbocycles. The van der Waals surface area contributed by atoms with E-state index in [9.17, 15) is 4.79 Å². The molecule has 0 aliphatic carbocycles. The molecule has 0 unspecified atom stereocenters. The summed E-state index contributed by atoms with van der Waals surface area (Å²) in [7, 11) is 0. The zero-order valence-electron chi connectivity index (χ0n) is 15.1. The molecule has 2 aromatic rings. The topological polar surface area (TPSA) is 51.1 Å². The third-order valence-electron chi connectivity index (χ3n) is 5.49. The average Bonchev–Trinajstić information content (AvgIpc) is 3.16. The number of ether oxygens (including phenoxy) is 2. The van der Waals surface area contributed by atoms with Gasteiger partial charge in [0, 0.05) is 17.2 Å². The Morgan fingerprint density at radius 1 is 1.15 bits per heavy atom. The lowest BCUT2D eigenvalue weighted by molar-refractivity contribution is -0.113. The molecule has 0 N–H and O–H groups in total. The predicted molar refractivity (Wildman–Crippen MR) is 99.8 cm³/mol. The third kappa shape index (κ3) is 2.03. The first kappa shape index (κ1) is 15.4. The van der Waals surface area contributed by atoms with E-state index >= 15 is 0 Å². The molecule has 0 spiro atoms. The van der Waals surface area contributed by atoms with E-state index in [1.54, 1.807) is 0 Å². The van der Waals surface area contributed by atoms with E-state index in [0.717, 1.165) is 17.7 Å². The molecule has 5 heteroatoms. The summed E-state index contributed by atoms with van der Waals surface area (Å²) in [4.78, 5) is 19.9. The van der Waals surface area contributed by atoms with Gasteiger partial charge >= 0.3 is 0 Å². The molecule has 3 aliphatic heterocycles. The van der Waals surface area contributed by atoms with Crippen LogP contribution in [0.1, 0.15) is 44.2 Å². The van der Waals surface area contributed by atoms with Crippen LogP contribution in [0.25, 0.3) is 0 Å². The van der Waals surface area contributed by atoms with Gasteiger partial charge in [-0.1, -0.05) is 25.1 Å². The quantitative estimate of drug-likeness (QED) is 0.777. The highest BCUT2D eigenvalue weighted by molar-refractivity contribution is 6.55. The van der Waals surface area contributed by atoms with Crippen molar-refractivity contribution in [2.24, 2.45) is 4.99 Å². The Hall–Kier alpha value is -2.82. The van der Waals surface area contributed by atoms with Gasteiger partial charge < -0.3 is 14.4 Å². The van der Waals surface area contributed by atoms with Crippen molar-refractivity contribution in [2.75, 3.05) is 11.7 Å². The van der Waals surface area contributed by atoms with Crippen LogP contribution in [-0.4, -0.2) is 24.0 Å². The molecule has 3 heterocycles. The molecule has 0 saturated heterocycles. The van der Waals surface area contributed by atoms with E-state index in [1.807, 2.05) is 35.2 Å². The monoisotopic (exact) mass is 348 g/mol. The second-order valence-corrected chi connectivity index (χ2v) is 7.80. The van der Waals surface area contributed by atoms with Crippen molar-refractivity contribution in [3.05, 3.63) is 47.5 Å². The average molecular weight is 348 g/mol. The van der Waals surface area contributed by atoms with Gasteiger partial charge in [0.15, 0.2) is 11.5 Å². The van der Waals surface area contributed by atoms with Crippen molar-refractivity contribution in [3.8, 4) is 11.5 Å². The van der Waals surface area contributed by atoms with Crippen LogP contribution in [0, 0.1) is 0 Å². The second kappa shape index (κ2) is 5.10. The lowest BCUT2D eigenvalue weighted by Gasteiger charge is -2.43. The minimum atomic E-state index is -0.230. The Labute approximate surface area is 152 Å². The Kier molecular flexibility index (Phi) is 3.03. The number of amides is 1. The molecule has 5 nitrogen and oxygen atoms in total. The number of anilines is 1. The number of nitrogens with zero attached hydrogens (tertiary/aromatic N) is 2. The molecular weight excluding hydrogens is 328 g/mol. The van der Waals surface area contributed by atoms with E-state index in [4.69, 9.17) is 14.5 Å².